The van der Waals surface area contributed by atoms with Crippen LogP contribution in [-0.2, 0) is 11.3 Å². The van der Waals surface area contributed by atoms with E-state index in [0.29, 0.717) is 6.42 Å². The Hall–Kier alpha value is -1.78. The van der Waals surface area contributed by atoms with Crippen LogP contribution in [0.2, 0.25) is 0 Å². The van der Waals surface area contributed by atoms with Crippen molar-refractivity contribution in [3.63, 3.8) is 0 Å². The van der Waals surface area contributed by atoms with Gasteiger partial charge in [0.2, 0.25) is 5.91 Å². The van der Waals surface area contributed by atoms with Crippen LogP contribution in [0.1, 0.15) is 24.8 Å². The molecule has 3 nitrogen and oxygen atoms in total. The molecule has 3 rings (SSSR count). The molecule has 2 aromatic rings. The smallest absolute Gasteiger partial charge is 0.226 e. The lowest BCUT2D eigenvalue weighted by atomic mass is 10.0. The fraction of sp³-hybridized carbons (Fsp3) is 0.316. The zero-order valence-electron chi connectivity index (χ0n) is 13.4. The van der Waals surface area contributed by atoms with Crippen LogP contribution in [0.25, 0.3) is 11.1 Å². The lowest BCUT2D eigenvalue weighted by molar-refractivity contribution is -0.119. The van der Waals surface area contributed by atoms with Gasteiger partial charge in [-0.15, -0.1) is 0 Å². The normalized spacial score (nSPS) is 15.0. The molecule has 1 saturated heterocycles. The van der Waals surface area contributed by atoms with Gasteiger partial charge in [0, 0.05) is 25.2 Å². The summed E-state index contributed by atoms with van der Waals surface area (Å²) in [6.07, 6.45) is 4.82. The number of benzene rings is 2. The second-order valence-corrected chi connectivity index (χ2v) is 6.47. The first kappa shape index (κ1) is 16.1. The molecule has 0 unspecified atom stereocenters. The van der Waals surface area contributed by atoms with Gasteiger partial charge in [-0.1, -0.05) is 42.3 Å². The van der Waals surface area contributed by atoms with Gasteiger partial charge in [0.25, 0.3) is 0 Å². The number of anilines is 1. The molecule has 0 radical (unpaired) electrons. The largest absolute Gasteiger partial charge is 0.312 e. The van der Waals surface area contributed by atoms with Gasteiger partial charge in [-0.2, -0.15) is 0 Å². The third-order valence-electron chi connectivity index (χ3n) is 4.18. The van der Waals surface area contributed by atoms with Crippen molar-refractivity contribution in [3.05, 3.63) is 54.1 Å². The van der Waals surface area contributed by atoms with Crippen molar-refractivity contribution in [2.24, 2.45) is 0 Å². The molecule has 1 amide bonds. The molecule has 120 valence electrons. The first-order valence-electron chi connectivity index (χ1n) is 8.03. The lowest BCUT2D eigenvalue weighted by Gasteiger charge is -2.26. The van der Waals surface area contributed by atoms with Crippen LogP contribution < -0.4 is 9.62 Å². The number of carbonyl (C=O) groups excluding carboxylic acids is 1. The first-order chi connectivity index (χ1) is 11.3. The topological polar surface area (TPSA) is 32.3 Å². The Balaban J connectivity index is 1.78. The van der Waals surface area contributed by atoms with E-state index in [1.165, 1.54) is 16.7 Å². The Morgan fingerprint density at radius 1 is 1.09 bits per heavy atom. The van der Waals surface area contributed by atoms with E-state index in [0.717, 1.165) is 31.6 Å². The van der Waals surface area contributed by atoms with Crippen molar-refractivity contribution in [3.8, 4) is 11.1 Å². The van der Waals surface area contributed by atoms with Crippen molar-refractivity contribution in [2.45, 2.75) is 25.8 Å². The first-order valence-corrected chi connectivity index (χ1v) is 9.26. The van der Waals surface area contributed by atoms with Gasteiger partial charge in [0.1, 0.15) is 0 Å². The summed E-state index contributed by atoms with van der Waals surface area (Å²) < 4.78 is 3.27. The predicted octanol–water partition coefficient (Wildman–Crippen LogP) is 4.24. The molecular weight excluding hydrogens is 304 g/mol. The molecule has 0 aliphatic carbocycles. The third-order valence-corrected chi connectivity index (χ3v) is 4.62. The summed E-state index contributed by atoms with van der Waals surface area (Å²) in [5, 5.41) is 0. The van der Waals surface area contributed by atoms with Crippen LogP contribution in [0.4, 0.5) is 5.69 Å². The minimum Gasteiger partial charge on any atom is -0.312 e. The summed E-state index contributed by atoms with van der Waals surface area (Å²) in [6.45, 7) is 1.70. The molecule has 1 aliphatic heterocycles. The molecule has 1 heterocycles. The highest BCUT2D eigenvalue weighted by Gasteiger charge is 2.19. The maximum atomic E-state index is 12.0. The summed E-state index contributed by atoms with van der Waals surface area (Å²) in [5.41, 5.74) is 4.68. The van der Waals surface area contributed by atoms with Gasteiger partial charge in [-0.3, -0.25) is 9.52 Å². The molecule has 2 aromatic carbocycles. The SMILES string of the molecule is CSNCc1cccc(-c2ccc(N3CCCCC3=O)cc2)c1. The summed E-state index contributed by atoms with van der Waals surface area (Å²) in [4.78, 5) is 13.9. The Morgan fingerprint density at radius 2 is 1.91 bits per heavy atom. The number of amides is 1. The van der Waals surface area contributed by atoms with Crippen LogP contribution >= 0.6 is 11.9 Å². The number of nitrogens with one attached hydrogen (secondary N) is 1. The fourth-order valence-electron chi connectivity index (χ4n) is 2.93. The second-order valence-electron chi connectivity index (χ2n) is 5.77. The highest BCUT2D eigenvalue weighted by molar-refractivity contribution is 7.96. The van der Waals surface area contributed by atoms with Crippen LogP contribution in [-0.4, -0.2) is 18.7 Å². The van der Waals surface area contributed by atoms with E-state index in [2.05, 4.69) is 53.3 Å². The second kappa shape index (κ2) is 7.66. The van der Waals surface area contributed by atoms with Gasteiger partial charge in [0.05, 0.1) is 0 Å². The van der Waals surface area contributed by atoms with Gasteiger partial charge < -0.3 is 4.90 Å². The summed E-state index contributed by atoms with van der Waals surface area (Å²) in [5.74, 6) is 0.245. The van der Waals surface area contributed by atoms with Gasteiger partial charge in [-0.25, -0.2) is 0 Å². The van der Waals surface area contributed by atoms with Crippen molar-refractivity contribution in [1.82, 2.24) is 4.72 Å². The van der Waals surface area contributed by atoms with E-state index < -0.39 is 0 Å². The molecule has 0 atom stereocenters. The third kappa shape index (κ3) is 3.95. The van der Waals surface area contributed by atoms with Gasteiger partial charge in [-0.05, 0) is 54.0 Å². The zero-order valence-corrected chi connectivity index (χ0v) is 14.2. The molecule has 1 fully saturated rings. The van der Waals surface area contributed by atoms with Crippen LogP contribution in [0.3, 0.4) is 0 Å². The fourth-order valence-corrected chi connectivity index (χ4v) is 3.24. The summed E-state index contributed by atoms with van der Waals surface area (Å²) >= 11 is 1.63. The standard InChI is InChI=1S/C19H22N2OS/c1-23-20-14-15-5-4-6-17(13-15)16-8-10-18(11-9-16)21-12-3-2-7-19(21)22/h4-6,8-11,13,20H,2-3,7,12,14H2,1H3. The predicted molar refractivity (Wildman–Crippen MR) is 98.4 cm³/mol. The number of piperidine rings is 1. The molecule has 1 aliphatic rings. The molecule has 23 heavy (non-hydrogen) atoms. The molecule has 0 bridgehead atoms. The Kier molecular flexibility index (Phi) is 5.36. The van der Waals surface area contributed by atoms with Crippen molar-refractivity contribution < 1.29 is 4.79 Å². The molecule has 0 spiro atoms. The summed E-state index contributed by atoms with van der Waals surface area (Å²) in [7, 11) is 0. The molecule has 0 aromatic heterocycles. The van der Waals surface area contributed by atoms with E-state index >= 15 is 0 Å². The monoisotopic (exact) mass is 326 g/mol. The average molecular weight is 326 g/mol. The van der Waals surface area contributed by atoms with Crippen LogP contribution in [0.5, 0.6) is 0 Å². The molecule has 1 N–H and O–H groups in total. The minimum absolute atomic E-state index is 0.245. The van der Waals surface area contributed by atoms with E-state index in [4.69, 9.17) is 0 Å². The van der Waals surface area contributed by atoms with Crippen LogP contribution in [0, 0.1) is 0 Å². The van der Waals surface area contributed by atoms with E-state index in [1.54, 1.807) is 11.9 Å². The van der Waals surface area contributed by atoms with E-state index in [1.807, 2.05) is 11.2 Å². The highest BCUT2D eigenvalue weighted by Crippen LogP contribution is 2.26. The molecule has 4 heteroatoms. The van der Waals surface area contributed by atoms with Gasteiger partial charge in [0.15, 0.2) is 0 Å². The average Bonchev–Trinajstić information content (AvgIpc) is 2.61. The highest BCUT2D eigenvalue weighted by atomic mass is 32.2. The molecule has 0 saturated carbocycles. The summed E-state index contributed by atoms with van der Waals surface area (Å²) in [6, 6.07) is 16.9. The number of hydrogen-bond acceptors (Lipinski definition) is 3. The lowest BCUT2D eigenvalue weighted by Crippen LogP contribution is -2.35. The Morgan fingerprint density at radius 3 is 2.65 bits per heavy atom. The molecular formula is C19H22N2OS. The number of rotatable bonds is 5. The minimum atomic E-state index is 0.245. The maximum Gasteiger partial charge on any atom is 0.226 e. The van der Waals surface area contributed by atoms with Crippen molar-refractivity contribution >= 4 is 23.5 Å². The Labute approximate surface area is 142 Å². The number of hydrogen-bond donors (Lipinski definition) is 1. The van der Waals surface area contributed by atoms with Crippen molar-refractivity contribution in [1.29, 1.82) is 0 Å². The quantitative estimate of drug-likeness (QED) is 0.834. The Bertz CT molecular complexity index is 669. The van der Waals surface area contributed by atoms with E-state index in [9.17, 15) is 4.79 Å². The van der Waals surface area contributed by atoms with Crippen LogP contribution in [0.15, 0.2) is 48.5 Å². The number of carbonyl (C=O) groups is 1. The van der Waals surface area contributed by atoms with Crippen molar-refractivity contribution in [2.75, 3.05) is 17.7 Å². The zero-order chi connectivity index (χ0) is 16.1. The maximum absolute atomic E-state index is 12.0. The van der Waals surface area contributed by atoms with E-state index in [-0.39, 0.29) is 5.91 Å². The number of nitrogens with zero attached hydrogens (tertiary/aromatic N) is 1. The van der Waals surface area contributed by atoms with Gasteiger partial charge >= 0.3 is 0 Å².